The van der Waals surface area contributed by atoms with Gasteiger partial charge in [0.15, 0.2) is 0 Å². The zero-order valence-electron chi connectivity index (χ0n) is 16.6. The highest BCUT2D eigenvalue weighted by Gasteiger charge is 2.32. The number of carbonyl (C=O) groups is 4. The zero-order valence-corrected chi connectivity index (χ0v) is 16.6. The van der Waals surface area contributed by atoms with E-state index in [-0.39, 0.29) is 19.1 Å². The highest BCUT2D eigenvalue weighted by molar-refractivity contribution is 6.38. The van der Waals surface area contributed by atoms with Crippen molar-refractivity contribution in [3.05, 3.63) is 35.9 Å². The van der Waals surface area contributed by atoms with E-state index in [1.165, 1.54) is 0 Å². The second kappa shape index (κ2) is 11.2. The number of benzene rings is 1. The fourth-order valence-electron chi connectivity index (χ4n) is 2.69. The van der Waals surface area contributed by atoms with Crippen LogP contribution in [0.25, 0.3) is 0 Å². The summed E-state index contributed by atoms with van der Waals surface area (Å²) in [5.41, 5.74) is 0.813. The summed E-state index contributed by atoms with van der Waals surface area (Å²) in [5, 5.41) is 7.51. The number of hydrogen-bond donors (Lipinski definition) is 3. The van der Waals surface area contributed by atoms with Gasteiger partial charge in [-0.2, -0.15) is 0 Å². The van der Waals surface area contributed by atoms with Crippen molar-refractivity contribution < 1.29 is 28.7 Å². The minimum absolute atomic E-state index is 0.0637. The van der Waals surface area contributed by atoms with Crippen LogP contribution in [0.15, 0.2) is 30.3 Å². The van der Waals surface area contributed by atoms with Crippen LogP contribution in [-0.2, 0) is 30.5 Å². The Kier molecular flexibility index (Phi) is 8.60. The molecule has 0 spiro atoms. The third-order valence-electron chi connectivity index (χ3n) is 4.33. The van der Waals surface area contributed by atoms with E-state index in [1.54, 1.807) is 13.8 Å². The van der Waals surface area contributed by atoms with Gasteiger partial charge in [-0.25, -0.2) is 4.79 Å². The molecule has 1 aromatic rings. The molecule has 158 valence electrons. The lowest BCUT2D eigenvalue weighted by Gasteiger charge is -2.24. The molecular formula is C20H27N3O6. The fourth-order valence-corrected chi connectivity index (χ4v) is 2.69. The van der Waals surface area contributed by atoms with Crippen molar-refractivity contribution in [1.29, 1.82) is 0 Å². The second-order valence-electron chi connectivity index (χ2n) is 7.04. The lowest BCUT2D eigenvalue weighted by molar-refractivity contribution is -0.141. The summed E-state index contributed by atoms with van der Waals surface area (Å²) in [6.45, 7) is 4.13. The minimum Gasteiger partial charge on any atom is -0.445 e. The first-order valence-corrected chi connectivity index (χ1v) is 9.56. The predicted octanol–water partition coefficient (Wildman–Crippen LogP) is 0.528. The van der Waals surface area contributed by atoms with Crippen molar-refractivity contribution in [2.75, 3.05) is 19.8 Å². The van der Waals surface area contributed by atoms with Crippen LogP contribution in [0, 0.1) is 5.92 Å². The number of ether oxygens (including phenoxy) is 2. The highest BCUT2D eigenvalue weighted by Crippen LogP contribution is 2.06. The summed E-state index contributed by atoms with van der Waals surface area (Å²) in [6.07, 6.45) is -0.180. The summed E-state index contributed by atoms with van der Waals surface area (Å²) >= 11 is 0. The molecule has 0 aromatic heterocycles. The normalized spacial score (nSPS) is 18.7. The third kappa shape index (κ3) is 7.19. The van der Waals surface area contributed by atoms with E-state index in [9.17, 15) is 19.2 Å². The summed E-state index contributed by atoms with van der Waals surface area (Å²) in [4.78, 5) is 48.9. The number of nitrogens with one attached hydrogen (secondary N) is 3. The number of rotatable bonds is 6. The van der Waals surface area contributed by atoms with E-state index >= 15 is 0 Å². The Bertz CT molecular complexity index is 722. The topological polar surface area (TPSA) is 123 Å². The lowest BCUT2D eigenvalue weighted by atomic mass is 10.0. The largest absolute Gasteiger partial charge is 0.445 e. The summed E-state index contributed by atoms with van der Waals surface area (Å²) < 4.78 is 10.5. The first-order valence-electron chi connectivity index (χ1n) is 9.56. The van der Waals surface area contributed by atoms with Crippen LogP contribution in [0.3, 0.4) is 0 Å². The molecule has 29 heavy (non-hydrogen) atoms. The highest BCUT2D eigenvalue weighted by atomic mass is 16.5. The Hall–Kier alpha value is -2.94. The maximum atomic E-state index is 12.7. The molecule has 1 aromatic carbocycles. The Morgan fingerprint density at radius 1 is 1.24 bits per heavy atom. The quantitative estimate of drug-likeness (QED) is 0.593. The second-order valence-corrected chi connectivity index (χ2v) is 7.04. The standard InChI is InChI=1S/C20H27N3O6/c1-13(2)16(23-20(27)29-11-14-7-4-3-5-8-14)18(25)22-15-12-28-10-6-9-21-19(26)17(15)24/h3-5,7-8,13,15-16H,6,9-12H2,1-2H3,(H,21,26)(H,22,25)(H,23,27). The van der Waals surface area contributed by atoms with Crippen molar-refractivity contribution in [1.82, 2.24) is 16.0 Å². The first kappa shape index (κ1) is 22.4. The number of amides is 3. The molecule has 1 aliphatic heterocycles. The monoisotopic (exact) mass is 405 g/mol. The van der Waals surface area contributed by atoms with E-state index < -0.39 is 35.8 Å². The predicted molar refractivity (Wildman–Crippen MR) is 104 cm³/mol. The molecule has 2 unspecified atom stereocenters. The van der Waals surface area contributed by atoms with Gasteiger partial charge in [-0.15, -0.1) is 0 Å². The molecule has 3 amide bonds. The van der Waals surface area contributed by atoms with E-state index in [0.717, 1.165) is 5.56 Å². The van der Waals surface area contributed by atoms with E-state index in [0.29, 0.717) is 19.6 Å². The lowest BCUT2D eigenvalue weighted by Crippen LogP contribution is -2.56. The smallest absolute Gasteiger partial charge is 0.408 e. The SMILES string of the molecule is CC(C)C(NC(=O)OCc1ccccc1)C(=O)NC1COCCCNC(=O)C1=O. The zero-order chi connectivity index (χ0) is 21.2. The van der Waals surface area contributed by atoms with Crippen molar-refractivity contribution in [2.45, 2.75) is 39.0 Å². The van der Waals surface area contributed by atoms with Gasteiger partial charge in [0.2, 0.25) is 11.7 Å². The molecule has 3 N–H and O–H groups in total. The average Bonchev–Trinajstić information content (AvgIpc) is 2.78. The van der Waals surface area contributed by atoms with E-state index in [2.05, 4.69) is 16.0 Å². The average molecular weight is 405 g/mol. The first-order chi connectivity index (χ1) is 13.9. The van der Waals surface area contributed by atoms with Gasteiger partial charge in [0.25, 0.3) is 5.91 Å². The van der Waals surface area contributed by atoms with E-state index in [4.69, 9.17) is 9.47 Å². The minimum atomic E-state index is -1.12. The van der Waals surface area contributed by atoms with Gasteiger partial charge < -0.3 is 25.4 Å². The molecule has 2 atom stereocenters. The van der Waals surface area contributed by atoms with Gasteiger partial charge >= 0.3 is 6.09 Å². The van der Waals surface area contributed by atoms with Crippen molar-refractivity contribution in [3.8, 4) is 0 Å². The Morgan fingerprint density at radius 2 is 1.97 bits per heavy atom. The van der Waals surface area contributed by atoms with Gasteiger partial charge in [-0.05, 0) is 17.9 Å². The van der Waals surface area contributed by atoms with Gasteiger partial charge in [0.05, 0.1) is 6.61 Å². The Labute approximate surface area is 169 Å². The van der Waals surface area contributed by atoms with E-state index in [1.807, 2.05) is 30.3 Å². The number of alkyl carbamates (subject to hydrolysis) is 1. The maximum Gasteiger partial charge on any atom is 0.408 e. The van der Waals surface area contributed by atoms with Crippen LogP contribution in [0.2, 0.25) is 0 Å². The number of ketones is 1. The van der Waals surface area contributed by atoms with Crippen molar-refractivity contribution in [3.63, 3.8) is 0 Å². The summed E-state index contributed by atoms with van der Waals surface area (Å²) in [7, 11) is 0. The Balaban J connectivity index is 1.95. The summed E-state index contributed by atoms with van der Waals surface area (Å²) in [5.74, 6) is -2.42. The van der Waals surface area contributed by atoms with Crippen molar-refractivity contribution in [2.24, 2.45) is 5.92 Å². The number of hydrogen-bond acceptors (Lipinski definition) is 6. The number of carbonyl (C=O) groups excluding carboxylic acids is 4. The van der Waals surface area contributed by atoms with Gasteiger partial charge in [0.1, 0.15) is 18.7 Å². The molecule has 0 aliphatic carbocycles. The molecule has 1 heterocycles. The Morgan fingerprint density at radius 3 is 2.66 bits per heavy atom. The fraction of sp³-hybridized carbons (Fsp3) is 0.500. The molecule has 0 saturated carbocycles. The van der Waals surface area contributed by atoms with Crippen LogP contribution in [0.1, 0.15) is 25.8 Å². The molecule has 1 aliphatic rings. The third-order valence-corrected chi connectivity index (χ3v) is 4.33. The molecule has 0 bridgehead atoms. The van der Waals surface area contributed by atoms with Crippen LogP contribution >= 0.6 is 0 Å². The molecule has 1 fully saturated rings. The molecular weight excluding hydrogens is 378 g/mol. The summed E-state index contributed by atoms with van der Waals surface area (Å²) in [6, 6.07) is 7.07. The van der Waals surface area contributed by atoms with Crippen LogP contribution in [-0.4, -0.2) is 55.5 Å². The molecule has 9 nitrogen and oxygen atoms in total. The van der Waals surface area contributed by atoms with Gasteiger partial charge in [0, 0.05) is 13.2 Å². The maximum absolute atomic E-state index is 12.7. The molecule has 2 rings (SSSR count). The molecule has 1 saturated heterocycles. The number of Topliss-reactive ketones (excluding diaryl/α,β-unsaturated/α-hetero) is 1. The van der Waals surface area contributed by atoms with Crippen LogP contribution in [0.4, 0.5) is 4.79 Å². The molecule has 0 radical (unpaired) electrons. The van der Waals surface area contributed by atoms with Crippen LogP contribution in [0.5, 0.6) is 0 Å². The van der Waals surface area contributed by atoms with Crippen molar-refractivity contribution >= 4 is 23.7 Å². The van der Waals surface area contributed by atoms with Crippen LogP contribution < -0.4 is 16.0 Å². The molecule has 9 heteroatoms. The van der Waals surface area contributed by atoms with Gasteiger partial charge in [-0.3, -0.25) is 14.4 Å². The van der Waals surface area contributed by atoms with Gasteiger partial charge in [-0.1, -0.05) is 44.2 Å².